The molecular formula is C37H72NO7P. The Balaban J connectivity index is 4.13. The van der Waals surface area contributed by atoms with Crippen molar-refractivity contribution in [2.45, 2.75) is 180 Å². The summed E-state index contributed by atoms with van der Waals surface area (Å²) < 4.78 is 33.0. The van der Waals surface area contributed by atoms with E-state index in [-0.39, 0.29) is 32.3 Å². The monoisotopic (exact) mass is 674 g/mol. The molecule has 2 unspecified atom stereocenters. The van der Waals surface area contributed by atoms with Crippen LogP contribution in [0.5, 0.6) is 0 Å². The standard InChI is InChI=1S/C37H72NO7P/c1-3-5-7-9-11-13-15-16-17-18-19-21-23-25-27-29-32-42-36(35-45-46(40,41)44-33-31-38)34-43-37(39)30-28-26-24-22-20-14-12-10-8-6-4-2/h10,12,29,32,36H,3-9,11,13-28,30-31,33-35,38H2,1-2H3,(H,40,41). The van der Waals surface area contributed by atoms with Crippen molar-refractivity contribution >= 4 is 13.8 Å². The first-order valence-corrected chi connectivity index (χ1v) is 20.4. The molecule has 0 bridgehead atoms. The van der Waals surface area contributed by atoms with E-state index in [0.717, 1.165) is 38.5 Å². The van der Waals surface area contributed by atoms with Crippen LogP contribution >= 0.6 is 7.82 Å². The number of hydrogen-bond donors (Lipinski definition) is 2. The molecule has 0 radical (unpaired) electrons. The Morgan fingerprint density at radius 1 is 0.652 bits per heavy atom. The minimum Gasteiger partial charge on any atom is -0.492 e. The molecule has 0 aromatic rings. The number of esters is 1. The molecule has 272 valence electrons. The summed E-state index contributed by atoms with van der Waals surface area (Å²) in [6, 6.07) is 0. The first kappa shape index (κ1) is 44.8. The van der Waals surface area contributed by atoms with Crippen molar-refractivity contribution in [3.63, 3.8) is 0 Å². The van der Waals surface area contributed by atoms with Crippen LogP contribution in [-0.4, -0.2) is 43.3 Å². The maximum Gasteiger partial charge on any atom is 0.472 e. The second kappa shape index (κ2) is 35.1. The molecule has 2 atom stereocenters. The second-order valence-electron chi connectivity index (χ2n) is 12.5. The van der Waals surface area contributed by atoms with Gasteiger partial charge < -0.3 is 20.1 Å². The summed E-state index contributed by atoms with van der Waals surface area (Å²) in [5.41, 5.74) is 5.34. The van der Waals surface area contributed by atoms with Crippen LogP contribution in [0.2, 0.25) is 0 Å². The molecule has 0 aliphatic rings. The summed E-state index contributed by atoms with van der Waals surface area (Å²) in [5.74, 6) is -0.301. The number of carbonyl (C=O) groups excluding carboxylic acids is 1. The van der Waals surface area contributed by atoms with Crippen LogP contribution in [0.15, 0.2) is 24.5 Å². The van der Waals surface area contributed by atoms with Crippen molar-refractivity contribution in [3.8, 4) is 0 Å². The molecule has 9 heteroatoms. The van der Waals surface area contributed by atoms with Crippen LogP contribution in [0.1, 0.15) is 174 Å². The summed E-state index contributed by atoms with van der Waals surface area (Å²) in [6.45, 7) is 4.17. The van der Waals surface area contributed by atoms with Gasteiger partial charge in [0.15, 0.2) is 6.10 Å². The maximum atomic E-state index is 12.3. The first-order valence-electron chi connectivity index (χ1n) is 18.9. The van der Waals surface area contributed by atoms with Crippen molar-refractivity contribution in [2.24, 2.45) is 5.73 Å². The average Bonchev–Trinajstić information content (AvgIpc) is 3.05. The van der Waals surface area contributed by atoms with E-state index in [9.17, 15) is 14.3 Å². The van der Waals surface area contributed by atoms with Crippen molar-refractivity contribution in [2.75, 3.05) is 26.4 Å². The summed E-state index contributed by atoms with van der Waals surface area (Å²) in [5, 5.41) is 0. The van der Waals surface area contributed by atoms with Gasteiger partial charge in [0.05, 0.1) is 19.5 Å². The van der Waals surface area contributed by atoms with Gasteiger partial charge in [-0.05, 0) is 44.6 Å². The number of carbonyl (C=O) groups is 1. The highest BCUT2D eigenvalue weighted by molar-refractivity contribution is 7.47. The Morgan fingerprint density at radius 3 is 1.67 bits per heavy atom. The van der Waals surface area contributed by atoms with E-state index >= 15 is 0 Å². The fourth-order valence-electron chi connectivity index (χ4n) is 5.08. The highest BCUT2D eigenvalue weighted by Crippen LogP contribution is 2.43. The zero-order valence-electron chi connectivity index (χ0n) is 29.8. The van der Waals surface area contributed by atoms with Gasteiger partial charge in [0, 0.05) is 13.0 Å². The van der Waals surface area contributed by atoms with Crippen LogP contribution in [0.3, 0.4) is 0 Å². The lowest BCUT2D eigenvalue weighted by Gasteiger charge is -2.19. The van der Waals surface area contributed by atoms with Gasteiger partial charge in [-0.15, -0.1) is 0 Å². The largest absolute Gasteiger partial charge is 0.492 e. The topological polar surface area (TPSA) is 117 Å². The Labute approximate surface area is 283 Å². The SMILES string of the molecule is CCCCC=CCCCCCCCC(=O)OCC(COP(=O)(O)OCCN)OC=CCCCCCCCCCCCCCCCC. The summed E-state index contributed by atoms with van der Waals surface area (Å²) in [6.07, 6.45) is 37.2. The van der Waals surface area contributed by atoms with Crippen molar-refractivity contribution < 1.29 is 32.8 Å². The molecule has 0 aromatic carbocycles. The lowest BCUT2D eigenvalue weighted by Crippen LogP contribution is -2.25. The average molecular weight is 674 g/mol. The molecule has 0 aliphatic heterocycles. The van der Waals surface area contributed by atoms with Gasteiger partial charge in [0.2, 0.25) is 0 Å². The van der Waals surface area contributed by atoms with E-state index in [4.69, 9.17) is 24.3 Å². The lowest BCUT2D eigenvalue weighted by atomic mass is 10.0. The lowest BCUT2D eigenvalue weighted by molar-refractivity contribution is -0.147. The van der Waals surface area contributed by atoms with E-state index in [1.165, 1.54) is 116 Å². The predicted molar refractivity (Wildman–Crippen MR) is 192 cm³/mol. The molecule has 8 nitrogen and oxygen atoms in total. The fraction of sp³-hybridized carbons (Fsp3) is 0.865. The van der Waals surface area contributed by atoms with Crippen molar-refractivity contribution in [1.82, 2.24) is 0 Å². The number of allylic oxidation sites excluding steroid dienone is 3. The molecule has 0 fully saturated rings. The normalized spacial score (nSPS) is 13.8. The molecule has 0 amide bonds. The number of phosphoric ester groups is 1. The smallest absolute Gasteiger partial charge is 0.472 e. The minimum absolute atomic E-state index is 0.0662. The van der Waals surface area contributed by atoms with Crippen LogP contribution in [0.4, 0.5) is 0 Å². The molecule has 0 saturated carbocycles. The highest BCUT2D eigenvalue weighted by atomic mass is 31.2. The van der Waals surface area contributed by atoms with Gasteiger partial charge in [0.25, 0.3) is 0 Å². The van der Waals surface area contributed by atoms with Gasteiger partial charge in [-0.25, -0.2) is 4.57 Å². The van der Waals surface area contributed by atoms with E-state index < -0.39 is 13.9 Å². The van der Waals surface area contributed by atoms with Crippen LogP contribution in [0, 0.1) is 0 Å². The number of nitrogens with two attached hydrogens (primary N) is 1. The number of phosphoric acid groups is 1. The molecule has 3 N–H and O–H groups in total. The third-order valence-electron chi connectivity index (χ3n) is 7.96. The second-order valence-corrected chi connectivity index (χ2v) is 14.0. The predicted octanol–water partition coefficient (Wildman–Crippen LogP) is 10.9. The van der Waals surface area contributed by atoms with E-state index in [1.54, 1.807) is 6.26 Å². The number of rotatable bonds is 36. The van der Waals surface area contributed by atoms with Crippen molar-refractivity contribution in [3.05, 3.63) is 24.5 Å². The van der Waals surface area contributed by atoms with E-state index in [0.29, 0.717) is 6.42 Å². The molecular weight excluding hydrogens is 601 g/mol. The summed E-state index contributed by atoms with van der Waals surface area (Å²) >= 11 is 0. The van der Waals surface area contributed by atoms with E-state index in [2.05, 4.69) is 26.0 Å². The first-order chi connectivity index (χ1) is 22.4. The third kappa shape index (κ3) is 34.2. The summed E-state index contributed by atoms with van der Waals surface area (Å²) in [4.78, 5) is 22.1. The van der Waals surface area contributed by atoms with E-state index in [1.807, 2.05) is 6.08 Å². The molecule has 0 saturated heterocycles. The molecule has 0 spiro atoms. The number of ether oxygens (including phenoxy) is 2. The van der Waals surface area contributed by atoms with Crippen molar-refractivity contribution in [1.29, 1.82) is 0 Å². The summed E-state index contributed by atoms with van der Waals surface area (Å²) in [7, 11) is -4.26. The molecule has 46 heavy (non-hydrogen) atoms. The zero-order chi connectivity index (χ0) is 33.8. The molecule has 0 rings (SSSR count). The Bertz CT molecular complexity index is 762. The molecule has 0 aromatic heterocycles. The Morgan fingerprint density at radius 2 is 1.13 bits per heavy atom. The highest BCUT2D eigenvalue weighted by Gasteiger charge is 2.24. The minimum atomic E-state index is -4.26. The van der Waals surface area contributed by atoms with Crippen LogP contribution < -0.4 is 5.73 Å². The maximum absolute atomic E-state index is 12.3. The van der Waals surface area contributed by atoms with Gasteiger partial charge >= 0.3 is 13.8 Å². The molecule has 0 aliphatic carbocycles. The third-order valence-corrected chi connectivity index (χ3v) is 8.94. The number of unbranched alkanes of at least 4 members (excludes halogenated alkanes) is 21. The Hall–Kier alpha value is -1.18. The van der Waals surface area contributed by atoms with Gasteiger partial charge in [-0.3, -0.25) is 13.8 Å². The fourth-order valence-corrected chi connectivity index (χ4v) is 5.84. The Kier molecular flexibility index (Phi) is 34.2. The van der Waals surface area contributed by atoms with Gasteiger partial charge in [0.1, 0.15) is 6.61 Å². The number of hydrogen-bond acceptors (Lipinski definition) is 7. The quantitative estimate of drug-likeness (QED) is 0.0222. The van der Waals surface area contributed by atoms with Crippen LogP contribution in [0.25, 0.3) is 0 Å². The zero-order valence-corrected chi connectivity index (χ0v) is 30.7. The van der Waals surface area contributed by atoms with Gasteiger partial charge in [-0.1, -0.05) is 142 Å². The molecule has 0 heterocycles. The van der Waals surface area contributed by atoms with Crippen LogP contribution in [-0.2, 0) is 27.9 Å². The van der Waals surface area contributed by atoms with Gasteiger partial charge in [-0.2, -0.15) is 0 Å².